The van der Waals surface area contributed by atoms with Crippen molar-refractivity contribution in [2.24, 2.45) is 5.73 Å². The van der Waals surface area contributed by atoms with Gasteiger partial charge in [-0.15, -0.1) is 0 Å². The highest BCUT2D eigenvalue weighted by atomic mass is 16.2. The van der Waals surface area contributed by atoms with Gasteiger partial charge in [-0.25, -0.2) is 0 Å². The van der Waals surface area contributed by atoms with Crippen molar-refractivity contribution in [1.82, 2.24) is 9.80 Å². The van der Waals surface area contributed by atoms with Crippen LogP contribution < -0.4 is 5.73 Å². The zero-order valence-corrected chi connectivity index (χ0v) is 11.1. The predicted octanol–water partition coefficient (Wildman–Crippen LogP) is 0.809. The fourth-order valence-electron chi connectivity index (χ4n) is 3.19. The van der Waals surface area contributed by atoms with Crippen molar-refractivity contribution in [2.75, 3.05) is 19.6 Å². The average molecular weight is 239 g/mol. The van der Waals surface area contributed by atoms with Crippen LogP contribution in [-0.2, 0) is 4.79 Å². The molecule has 98 valence electrons. The molecule has 2 rings (SSSR count). The quantitative estimate of drug-likeness (QED) is 0.776. The number of hydrogen-bond acceptors (Lipinski definition) is 3. The van der Waals surface area contributed by atoms with E-state index in [4.69, 9.17) is 5.73 Å². The topological polar surface area (TPSA) is 49.6 Å². The van der Waals surface area contributed by atoms with E-state index in [1.165, 1.54) is 6.42 Å². The van der Waals surface area contributed by atoms with Crippen LogP contribution in [0.4, 0.5) is 0 Å². The third-order valence-electron chi connectivity index (χ3n) is 4.15. The van der Waals surface area contributed by atoms with Gasteiger partial charge in [0.1, 0.15) is 0 Å². The lowest BCUT2D eigenvalue weighted by Gasteiger charge is -2.39. The summed E-state index contributed by atoms with van der Waals surface area (Å²) in [6.45, 7) is 6.75. The molecule has 0 aromatic rings. The van der Waals surface area contributed by atoms with Crippen molar-refractivity contribution >= 4 is 5.91 Å². The molecule has 0 bridgehead atoms. The van der Waals surface area contributed by atoms with E-state index in [0.29, 0.717) is 24.5 Å². The molecule has 2 aliphatic heterocycles. The van der Waals surface area contributed by atoms with E-state index in [-0.39, 0.29) is 6.04 Å². The number of nitrogens with two attached hydrogens (primary N) is 1. The van der Waals surface area contributed by atoms with E-state index in [2.05, 4.69) is 23.6 Å². The Bertz CT molecular complexity index is 272. The second-order valence-corrected chi connectivity index (χ2v) is 5.71. The number of rotatable bonds is 2. The molecule has 2 N–H and O–H groups in total. The van der Waals surface area contributed by atoms with E-state index >= 15 is 0 Å². The molecule has 17 heavy (non-hydrogen) atoms. The van der Waals surface area contributed by atoms with Gasteiger partial charge in [0.05, 0.1) is 6.54 Å². The Morgan fingerprint density at radius 3 is 2.41 bits per heavy atom. The van der Waals surface area contributed by atoms with E-state index < -0.39 is 0 Å². The van der Waals surface area contributed by atoms with Crippen LogP contribution in [0.5, 0.6) is 0 Å². The lowest BCUT2D eigenvalue weighted by molar-refractivity contribution is -0.138. The van der Waals surface area contributed by atoms with E-state index in [0.717, 1.165) is 32.4 Å². The standard InChI is InChI=1S/C13H25N3O/c1-10-4-3-5-11(2)16(10)13(17)9-15-7-6-12(14)8-15/h10-12H,3-9,14H2,1-2H3/t10?,11?,12-/m0/s1. The number of piperidine rings is 1. The molecule has 0 radical (unpaired) electrons. The summed E-state index contributed by atoms with van der Waals surface area (Å²) >= 11 is 0. The molecule has 1 amide bonds. The van der Waals surface area contributed by atoms with Crippen LogP contribution in [0.15, 0.2) is 0 Å². The highest BCUT2D eigenvalue weighted by Gasteiger charge is 2.30. The SMILES string of the molecule is CC1CCCC(C)N1C(=O)CN1CC[C@H](N)C1. The number of hydrogen-bond donors (Lipinski definition) is 1. The number of likely N-dealkylation sites (tertiary alicyclic amines) is 2. The first-order valence-corrected chi connectivity index (χ1v) is 6.87. The second kappa shape index (κ2) is 5.36. The Kier molecular flexibility index (Phi) is 4.05. The first kappa shape index (κ1) is 12.8. The number of carbonyl (C=O) groups is 1. The highest BCUT2D eigenvalue weighted by molar-refractivity contribution is 5.79. The number of carbonyl (C=O) groups excluding carboxylic acids is 1. The van der Waals surface area contributed by atoms with Crippen molar-refractivity contribution in [3.8, 4) is 0 Å². The van der Waals surface area contributed by atoms with Gasteiger partial charge in [-0.1, -0.05) is 0 Å². The molecule has 2 fully saturated rings. The lowest BCUT2D eigenvalue weighted by Crippen LogP contribution is -2.51. The third-order valence-corrected chi connectivity index (χ3v) is 4.15. The first-order chi connectivity index (χ1) is 8.08. The largest absolute Gasteiger partial charge is 0.336 e. The van der Waals surface area contributed by atoms with Gasteiger partial charge in [-0.3, -0.25) is 9.69 Å². The molecule has 0 aromatic heterocycles. The fraction of sp³-hybridized carbons (Fsp3) is 0.923. The summed E-state index contributed by atoms with van der Waals surface area (Å²) in [5, 5.41) is 0. The van der Waals surface area contributed by atoms with Crippen molar-refractivity contribution in [3.05, 3.63) is 0 Å². The van der Waals surface area contributed by atoms with Crippen molar-refractivity contribution in [2.45, 2.75) is 57.7 Å². The zero-order valence-electron chi connectivity index (χ0n) is 11.1. The van der Waals surface area contributed by atoms with Gasteiger partial charge in [0.2, 0.25) is 5.91 Å². The molecule has 3 atom stereocenters. The van der Waals surface area contributed by atoms with Crippen molar-refractivity contribution < 1.29 is 4.79 Å². The van der Waals surface area contributed by atoms with Gasteiger partial charge in [0, 0.05) is 31.2 Å². The zero-order chi connectivity index (χ0) is 12.4. The smallest absolute Gasteiger partial charge is 0.237 e. The second-order valence-electron chi connectivity index (χ2n) is 5.71. The Morgan fingerprint density at radius 2 is 1.88 bits per heavy atom. The summed E-state index contributed by atoms with van der Waals surface area (Å²) in [5.41, 5.74) is 5.87. The Balaban J connectivity index is 1.89. The van der Waals surface area contributed by atoms with Crippen molar-refractivity contribution in [3.63, 3.8) is 0 Å². The minimum absolute atomic E-state index is 0.263. The summed E-state index contributed by atoms with van der Waals surface area (Å²) in [6.07, 6.45) is 4.57. The molecule has 2 unspecified atom stereocenters. The average Bonchev–Trinajstić information content (AvgIpc) is 2.63. The van der Waals surface area contributed by atoms with Crippen LogP contribution in [0.3, 0.4) is 0 Å². The minimum atomic E-state index is 0.263. The summed E-state index contributed by atoms with van der Waals surface area (Å²) < 4.78 is 0. The number of amides is 1. The normalized spacial score (nSPS) is 35.2. The highest BCUT2D eigenvalue weighted by Crippen LogP contribution is 2.23. The maximum absolute atomic E-state index is 12.3. The predicted molar refractivity (Wildman–Crippen MR) is 68.7 cm³/mol. The summed E-state index contributed by atoms with van der Waals surface area (Å²) in [4.78, 5) is 16.6. The van der Waals surface area contributed by atoms with Crippen LogP contribution in [0, 0.1) is 0 Å². The van der Waals surface area contributed by atoms with Crippen LogP contribution in [-0.4, -0.2) is 53.5 Å². The summed E-state index contributed by atoms with van der Waals surface area (Å²) in [5.74, 6) is 0.291. The molecular weight excluding hydrogens is 214 g/mol. The maximum atomic E-state index is 12.3. The van der Waals surface area contributed by atoms with Gasteiger partial charge in [-0.05, 0) is 39.5 Å². The lowest BCUT2D eigenvalue weighted by atomic mass is 9.97. The molecule has 4 nitrogen and oxygen atoms in total. The fourth-order valence-corrected chi connectivity index (χ4v) is 3.19. The first-order valence-electron chi connectivity index (χ1n) is 6.87. The summed E-state index contributed by atoms with van der Waals surface area (Å²) in [6, 6.07) is 1.07. The van der Waals surface area contributed by atoms with Crippen LogP contribution in [0.25, 0.3) is 0 Å². The van der Waals surface area contributed by atoms with Crippen LogP contribution >= 0.6 is 0 Å². The molecule has 0 spiro atoms. The van der Waals surface area contributed by atoms with Crippen LogP contribution in [0.1, 0.15) is 39.5 Å². The third kappa shape index (κ3) is 2.99. The molecule has 2 aliphatic rings. The molecular formula is C13H25N3O. The Hall–Kier alpha value is -0.610. The molecule has 2 saturated heterocycles. The van der Waals surface area contributed by atoms with Gasteiger partial charge < -0.3 is 10.6 Å². The monoisotopic (exact) mass is 239 g/mol. The number of nitrogens with zero attached hydrogens (tertiary/aromatic N) is 2. The van der Waals surface area contributed by atoms with E-state index in [1.54, 1.807) is 0 Å². The van der Waals surface area contributed by atoms with Crippen molar-refractivity contribution in [1.29, 1.82) is 0 Å². The summed E-state index contributed by atoms with van der Waals surface area (Å²) in [7, 11) is 0. The van der Waals surface area contributed by atoms with E-state index in [9.17, 15) is 4.79 Å². The molecule has 0 aromatic carbocycles. The van der Waals surface area contributed by atoms with Gasteiger partial charge >= 0.3 is 0 Å². The Morgan fingerprint density at radius 1 is 1.24 bits per heavy atom. The van der Waals surface area contributed by atoms with E-state index in [1.807, 2.05) is 0 Å². The van der Waals surface area contributed by atoms with Crippen LogP contribution in [0.2, 0.25) is 0 Å². The minimum Gasteiger partial charge on any atom is -0.336 e. The molecule has 4 heteroatoms. The molecule has 0 aliphatic carbocycles. The molecule has 0 saturated carbocycles. The molecule has 2 heterocycles. The maximum Gasteiger partial charge on any atom is 0.237 e. The Labute approximate surface area is 104 Å². The van der Waals surface area contributed by atoms with Gasteiger partial charge in [0.25, 0.3) is 0 Å². The van der Waals surface area contributed by atoms with Gasteiger partial charge in [0.15, 0.2) is 0 Å². The van der Waals surface area contributed by atoms with Gasteiger partial charge in [-0.2, -0.15) is 0 Å².